The van der Waals surface area contributed by atoms with Gasteiger partial charge in [0.1, 0.15) is 0 Å². The van der Waals surface area contributed by atoms with E-state index < -0.39 is 0 Å². The van der Waals surface area contributed by atoms with Gasteiger partial charge < -0.3 is 10.6 Å². The van der Waals surface area contributed by atoms with E-state index >= 15 is 0 Å². The van der Waals surface area contributed by atoms with E-state index in [4.69, 9.17) is 5.73 Å². The third-order valence-electron chi connectivity index (χ3n) is 4.16. The van der Waals surface area contributed by atoms with Gasteiger partial charge in [0.05, 0.1) is 0 Å². The van der Waals surface area contributed by atoms with E-state index in [-0.39, 0.29) is 0 Å². The van der Waals surface area contributed by atoms with E-state index in [2.05, 4.69) is 0 Å². The van der Waals surface area contributed by atoms with Crippen molar-refractivity contribution in [3.05, 3.63) is 0 Å². The van der Waals surface area contributed by atoms with Gasteiger partial charge in [-0.15, -0.1) is 0 Å². The second kappa shape index (κ2) is 5.67. The van der Waals surface area contributed by atoms with Gasteiger partial charge in [0, 0.05) is 25.6 Å². The van der Waals surface area contributed by atoms with E-state index in [0.29, 0.717) is 24.4 Å². The Labute approximate surface area is 98.4 Å². The summed E-state index contributed by atoms with van der Waals surface area (Å²) in [6, 6.07) is 0.330. The molecule has 1 saturated heterocycles. The molecule has 0 aromatic heterocycles. The number of hydrogen-bond acceptors (Lipinski definition) is 2. The monoisotopic (exact) mass is 224 g/mol. The van der Waals surface area contributed by atoms with Crippen molar-refractivity contribution in [1.82, 2.24) is 4.90 Å². The number of rotatable bonds is 3. The fourth-order valence-corrected chi connectivity index (χ4v) is 3.16. The second-order valence-electron chi connectivity index (χ2n) is 5.33. The number of carbonyl (C=O) groups excluding carboxylic acids is 1. The van der Waals surface area contributed by atoms with Crippen LogP contribution in [-0.2, 0) is 4.79 Å². The average molecular weight is 224 g/mol. The van der Waals surface area contributed by atoms with Crippen molar-refractivity contribution >= 4 is 5.91 Å². The molecule has 16 heavy (non-hydrogen) atoms. The van der Waals surface area contributed by atoms with Crippen molar-refractivity contribution in [3.8, 4) is 0 Å². The summed E-state index contributed by atoms with van der Waals surface area (Å²) < 4.78 is 0. The quantitative estimate of drug-likeness (QED) is 0.796. The van der Waals surface area contributed by atoms with Crippen LogP contribution in [0.3, 0.4) is 0 Å². The number of nitrogens with zero attached hydrogens (tertiary/aromatic N) is 1. The smallest absolute Gasteiger partial charge is 0.223 e. The molecule has 0 aromatic rings. The molecule has 0 radical (unpaired) electrons. The van der Waals surface area contributed by atoms with Gasteiger partial charge in [-0.2, -0.15) is 0 Å². The van der Waals surface area contributed by atoms with Crippen LogP contribution >= 0.6 is 0 Å². The van der Waals surface area contributed by atoms with Gasteiger partial charge in [0.15, 0.2) is 0 Å². The van der Waals surface area contributed by atoms with Crippen LogP contribution in [0, 0.1) is 5.92 Å². The Bertz CT molecular complexity index is 236. The Morgan fingerprint density at radius 3 is 2.56 bits per heavy atom. The molecule has 1 aliphatic carbocycles. The molecule has 0 aromatic carbocycles. The summed E-state index contributed by atoms with van der Waals surface area (Å²) in [5, 5.41) is 0. The van der Waals surface area contributed by atoms with Crippen molar-refractivity contribution < 1.29 is 4.79 Å². The van der Waals surface area contributed by atoms with Crippen LogP contribution in [0.15, 0.2) is 0 Å². The summed E-state index contributed by atoms with van der Waals surface area (Å²) in [7, 11) is 0. The van der Waals surface area contributed by atoms with Crippen LogP contribution in [-0.4, -0.2) is 29.9 Å². The average Bonchev–Trinajstić information content (AvgIpc) is 2.78. The predicted octanol–water partition coefficient (Wildman–Crippen LogP) is 1.91. The van der Waals surface area contributed by atoms with Crippen molar-refractivity contribution in [2.75, 3.05) is 13.1 Å². The molecule has 0 bridgehead atoms. The van der Waals surface area contributed by atoms with E-state index in [1.807, 2.05) is 4.90 Å². The van der Waals surface area contributed by atoms with E-state index in [0.717, 1.165) is 25.8 Å². The van der Waals surface area contributed by atoms with Crippen LogP contribution in [0.1, 0.15) is 51.4 Å². The van der Waals surface area contributed by atoms with Crippen molar-refractivity contribution in [3.63, 3.8) is 0 Å². The zero-order chi connectivity index (χ0) is 11.4. The fraction of sp³-hybridized carbons (Fsp3) is 0.923. The molecule has 2 aliphatic rings. The lowest BCUT2D eigenvalue weighted by Gasteiger charge is -2.27. The number of carbonyl (C=O) groups is 1. The normalized spacial score (nSPS) is 27.3. The molecule has 1 saturated carbocycles. The highest BCUT2D eigenvalue weighted by molar-refractivity contribution is 5.77. The van der Waals surface area contributed by atoms with Gasteiger partial charge in [-0.3, -0.25) is 4.79 Å². The molecular formula is C13H24N2O. The molecule has 1 aliphatic heterocycles. The summed E-state index contributed by atoms with van der Waals surface area (Å²) in [6.07, 6.45) is 9.53. The Morgan fingerprint density at radius 1 is 1.12 bits per heavy atom. The summed E-state index contributed by atoms with van der Waals surface area (Å²) in [5.74, 6) is 1.01. The lowest BCUT2D eigenvalue weighted by Crippen LogP contribution is -2.40. The van der Waals surface area contributed by atoms with Crippen molar-refractivity contribution in [2.24, 2.45) is 11.7 Å². The minimum Gasteiger partial charge on any atom is -0.338 e. The first-order valence-electron chi connectivity index (χ1n) is 6.81. The topological polar surface area (TPSA) is 46.3 Å². The van der Waals surface area contributed by atoms with Gasteiger partial charge in [0.25, 0.3) is 0 Å². The first-order valence-corrected chi connectivity index (χ1v) is 6.81. The number of hydrogen-bond donors (Lipinski definition) is 1. The maximum Gasteiger partial charge on any atom is 0.223 e. The van der Waals surface area contributed by atoms with E-state index in [1.165, 1.54) is 32.1 Å². The largest absolute Gasteiger partial charge is 0.338 e. The number of likely N-dealkylation sites (tertiary alicyclic amines) is 1. The maximum atomic E-state index is 12.2. The lowest BCUT2D eigenvalue weighted by molar-refractivity contribution is -0.133. The molecule has 0 spiro atoms. The molecular weight excluding hydrogens is 200 g/mol. The molecule has 92 valence electrons. The first-order chi connectivity index (χ1) is 7.81. The molecule has 3 nitrogen and oxygen atoms in total. The Balaban J connectivity index is 1.82. The lowest BCUT2D eigenvalue weighted by atomic mass is 9.86. The van der Waals surface area contributed by atoms with Gasteiger partial charge >= 0.3 is 0 Å². The van der Waals surface area contributed by atoms with Gasteiger partial charge in [-0.25, -0.2) is 0 Å². The summed E-state index contributed by atoms with van der Waals surface area (Å²) >= 11 is 0. The fourth-order valence-electron chi connectivity index (χ4n) is 3.16. The third kappa shape index (κ3) is 2.76. The first kappa shape index (κ1) is 11.9. The number of amides is 1. The second-order valence-corrected chi connectivity index (χ2v) is 5.33. The molecule has 2 N–H and O–H groups in total. The van der Waals surface area contributed by atoms with Gasteiger partial charge in [-0.05, 0) is 31.6 Å². The van der Waals surface area contributed by atoms with Gasteiger partial charge in [-0.1, -0.05) is 19.3 Å². The van der Waals surface area contributed by atoms with Crippen molar-refractivity contribution in [2.45, 2.75) is 57.4 Å². The Kier molecular flexibility index (Phi) is 4.22. The summed E-state index contributed by atoms with van der Waals surface area (Å²) in [4.78, 5) is 14.2. The van der Waals surface area contributed by atoms with Crippen LogP contribution in [0.2, 0.25) is 0 Å². The highest BCUT2D eigenvalue weighted by Crippen LogP contribution is 2.28. The van der Waals surface area contributed by atoms with Crippen LogP contribution < -0.4 is 5.73 Å². The molecule has 3 heteroatoms. The molecule has 1 unspecified atom stereocenters. The zero-order valence-corrected chi connectivity index (χ0v) is 10.2. The SMILES string of the molecule is NCC1CCCN1C(=O)CC1CCCCC1. The van der Waals surface area contributed by atoms with Crippen LogP contribution in [0.4, 0.5) is 0 Å². The van der Waals surface area contributed by atoms with Crippen LogP contribution in [0.5, 0.6) is 0 Å². The predicted molar refractivity (Wildman–Crippen MR) is 65.0 cm³/mol. The maximum absolute atomic E-state index is 12.2. The summed E-state index contributed by atoms with van der Waals surface area (Å²) in [5.41, 5.74) is 5.70. The highest BCUT2D eigenvalue weighted by Gasteiger charge is 2.29. The van der Waals surface area contributed by atoms with Crippen molar-refractivity contribution in [1.29, 1.82) is 0 Å². The van der Waals surface area contributed by atoms with Gasteiger partial charge in [0.2, 0.25) is 5.91 Å². The molecule has 1 heterocycles. The van der Waals surface area contributed by atoms with E-state index in [9.17, 15) is 4.79 Å². The molecule has 1 amide bonds. The number of nitrogens with two attached hydrogens (primary N) is 1. The minimum atomic E-state index is 0.330. The summed E-state index contributed by atoms with van der Waals surface area (Å²) in [6.45, 7) is 1.57. The standard InChI is InChI=1S/C13H24N2O/c14-10-12-7-4-8-15(12)13(16)9-11-5-2-1-3-6-11/h11-12H,1-10,14H2. The molecule has 2 fully saturated rings. The van der Waals surface area contributed by atoms with E-state index in [1.54, 1.807) is 0 Å². The molecule has 2 rings (SSSR count). The van der Waals surface area contributed by atoms with Crippen LogP contribution in [0.25, 0.3) is 0 Å². The molecule has 1 atom stereocenters. The minimum absolute atomic E-state index is 0.330. The zero-order valence-electron chi connectivity index (χ0n) is 10.2. The third-order valence-corrected chi connectivity index (χ3v) is 4.16. The highest BCUT2D eigenvalue weighted by atomic mass is 16.2. The Morgan fingerprint density at radius 2 is 1.88 bits per heavy atom. The Hall–Kier alpha value is -0.570.